The van der Waals surface area contributed by atoms with Crippen LogP contribution in [0.5, 0.6) is 5.75 Å². The zero-order valence-electron chi connectivity index (χ0n) is 15.8. The quantitative estimate of drug-likeness (QED) is 0.680. The Bertz CT molecular complexity index is 1060. The van der Waals surface area contributed by atoms with Gasteiger partial charge in [-0.1, -0.05) is 18.2 Å². The molecule has 0 saturated heterocycles. The van der Waals surface area contributed by atoms with Crippen molar-refractivity contribution in [3.05, 3.63) is 65.2 Å². The molecule has 0 aliphatic heterocycles. The minimum absolute atomic E-state index is 0.0469. The van der Waals surface area contributed by atoms with Crippen LogP contribution >= 0.6 is 0 Å². The van der Waals surface area contributed by atoms with Gasteiger partial charge in [0.15, 0.2) is 0 Å². The highest BCUT2D eigenvalue weighted by Crippen LogP contribution is 2.30. The van der Waals surface area contributed by atoms with E-state index in [1.165, 1.54) is 19.9 Å². The van der Waals surface area contributed by atoms with E-state index in [1.54, 1.807) is 43.3 Å². The van der Waals surface area contributed by atoms with E-state index in [9.17, 15) is 14.0 Å². The topological polar surface area (TPSA) is 94.6 Å². The lowest BCUT2D eigenvalue weighted by Crippen LogP contribution is -2.53. The molecule has 0 unspecified atom stereocenters. The van der Waals surface area contributed by atoms with Crippen LogP contribution in [-0.2, 0) is 11.4 Å². The van der Waals surface area contributed by atoms with Crippen LogP contribution in [0.4, 0.5) is 4.39 Å². The van der Waals surface area contributed by atoms with E-state index >= 15 is 0 Å². The van der Waals surface area contributed by atoms with Crippen molar-refractivity contribution in [3.63, 3.8) is 0 Å². The molecule has 1 aromatic heterocycles. The number of hydrogen-bond donors (Lipinski definition) is 2. The minimum Gasteiger partial charge on any atom is -0.489 e. The van der Waals surface area contributed by atoms with Gasteiger partial charge in [-0.3, -0.25) is 9.59 Å². The van der Waals surface area contributed by atoms with Gasteiger partial charge in [-0.05, 0) is 45.0 Å². The Balaban J connectivity index is 1.89. The number of carbonyl (C=O) groups is 2. The first-order valence-electron chi connectivity index (χ1n) is 8.71. The predicted molar refractivity (Wildman–Crippen MR) is 102 cm³/mol. The number of carbonyl (C=O) groups excluding carboxylic acids is 2. The summed E-state index contributed by atoms with van der Waals surface area (Å²) in [4.78, 5) is 24.2. The number of ether oxygens (including phenoxy) is 1. The van der Waals surface area contributed by atoms with Gasteiger partial charge in [-0.25, -0.2) is 4.39 Å². The van der Waals surface area contributed by atoms with Gasteiger partial charge < -0.3 is 20.2 Å². The lowest BCUT2D eigenvalue weighted by atomic mass is 10.0. The molecule has 0 aliphatic rings. The van der Waals surface area contributed by atoms with Crippen molar-refractivity contribution < 1.29 is 23.1 Å². The number of rotatable bonds is 6. The molecule has 146 valence electrons. The molecule has 3 aromatic rings. The highest BCUT2D eigenvalue weighted by atomic mass is 19.1. The number of halogens is 1. The fourth-order valence-corrected chi connectivity index (χ4v) is 2.76. The van der Waals surface area contributed by atoms with E-state index in [1.807, 2.05) is 0 Å². The van der Waals surface area contributed by atoms with Crippen LogP contribution in [0.3, 0.4) is 0 Å². The second-order valence-electron chi connectivity index (χ2n) is 7.01. The molecule has 2 amide bonds. The van der Waals surface area contributed by atoms with Gasteiger partial charge in [-0.15, -0.1) is 0 Å². The summed E-state index contributed by atoms with van der Waals surface area (Å²) < 4.78 is 25.1. The summed E-state index contributed by atoms with van der Waals surface area (Å²) in [5.74, 6) is -0.623. The van der Waals surface area contributed by atoms with Crippen LogP contribution in [-0.4, -0.2) is 17.4 Å². The van der Waals surface area contributed by atoms with Gasteiger partial charge in [0.2, 0.25) is 5.91 Å². The molecule has 6 nitrogen and oxygen atoms in total. The maximum absolute atomic E-state index is 13.8. The van der Waals surface area contributed by atoms with Gasteiger partial charge in [-0.2, -0.15) is 0 Å². The third kappa shape index (κ3) is 3.83. The molecule has 0 fully saturated rings. The molecule has 2 aromatic carbocycles. The highest BCUT2D eigenvalue weighted by molar-refractivity contribution is 6.09. The van der Waals surface area contributed by atoms with Crippen LogP contribution in [0, 0.1) is 12.7 Å². The van der Waals surface area contributed by atoms with E-state index in [2.05, 4.69) is 5.32 Å². The number of primary amides is 1. The number of fused-ring (bicyclic) bond motifs is 1. The standard InChI is InChI=1S/C21H21FN2O4/c1-12-18(19(25)24-21(2,3)20(23)26)15-10-14(8-9-17(15)28-12)27-11-13-6-4-5-7-16(13)22/h4-10H,11H2,1-3H3,(H2,23,26)(H,24,25). The smallest absolute Gasteiger partial charge is 0.256 e. The maximum Gasteiger partial charge on any atom is 0.256 e. The molecular formula is C21H21FN2O4. The fourth-order valence-electron chi connectivity index (χ4n) is 2.76. The molecule has 28 heavy (non-hydrogen) atoms. The number of nitrogens with one attached hydrogen (secondary N) is 1. The zero-order chi connectivity index (χ0) is 20.5. The monoisotopic (exact) mass is 384 g/mol. The van der Waals surface area contributed by atoms with Crippen molar-refractivity contribution in [2.24, 2.45) is 5.73 Å². The molecular weight excluding hydrogens is 363 g/mol. The average molecular weight is 384 g/mol. The molecule has 0 atom stereocenters. The number of nitrogens with two attached hydrogens (primary N) is 1. The van der Waals surface area contributed by atoms with Crippen molar-refractivity contribution >= 4 is 22.8 Å². The minimum atomic E-state index is -1.22. The molecule has 3 N–H and O–H groups in total. The first-order valence-corrected chi connectivity index (χ1v) is 8.71. The number of furan rings is 1. The molecule has 3 rings (SSSR count). The second kappa shape index (κ2) is 7.34. The Morgan fingerprint density at radius 3 is 2.61 bits per heavy atom. The number of benzene rings is 2. The van der Waals surface area contributed by atoms with Gasteiger partial charge >= 0.3 is 0 Å². The van der Waals surface area contributed by atoms with Crippen molar-refractivity contribution in [2.75, 3.05) is 0 Å². The SMILES string of the molecule is Cc1oc2ccc(OCc3ccccc3F)cc2c1C(=O)NC(C)(C)C(N)=O. The average Bonchev–Trinajstić information content (AvgIpc) is 2.95. The Hall–Kier alpha value is -3.35. The summed E-state index contributed by atoms with van der Waals surface area (Å²) in [5.41, 5.74) is 5.32. The largest absolute Gasteiger partial charge is 0.489 e. The van der Waals surface area contributed by atoms with Crippen LogP contribution < -0.4 is 15.8 Å². The zero-order valence-corrected chi connectivity index (χ0v) is 15.8. The molecule has 7 heteroatoms. The third-order valence-electron chi connectivity index (χ3n) is 4.46. The Morgan fingerprint density at radius 2 is 1.93 bits per heavy atom. The van der Waals surface area contributed by atoms with Crippen LogP contribution in [0.2, 0.25) is 0 Å². The molecule has 1 heterocycles. The summed E-state index contributed by atoms with van der Waals surface area (Å²) in [6.45, 7) is 4.75. The first kappa shape index (κ1) is 19.4. The van der Waals surface area contributed by atoms with Gasteiger partial charge in [0, 0.05) is 10.9 Å². The molecule has 0 saturated carbocycles. The van der Waals surface area contributed by atoms with Gasteiger partial charge in [0.05, 0.1) is 5.56 Å². The molecule has 0 spiro atoms. The maximum atomic E-state index is 13.8. The third-order valence-corrected chi connectivity index (χ3v) is 4.46. The van der Waals surface area contributed by atoms with Gasteiger partial charge in [0.25, 0.3) is 5.91 Å². The lowest BCUT2D eigenvalue weighted by molar-refractivity contribution is -0.122. The number of hydrogen-bond acceptors (Lipinski definition) is 4. The Labute approximate surface area is 161 Å². The van der Waals surface area contributed by atoms with E-state index in [4.69, 9.17) is 14.9 Å². The first-order chi connectivity index (χ1) is 13.2. The van der Waals surface area contributed by atoms with Crippen molar-refractivity contribution in [2.45, 2.75) is 32.9 Å². The molecule has 0 radical (unpaired) electrons. The lowest BCUT2D eigenvalue weighted by Gasteiger charge is -2.22. The van der Waals surface area contributed by atoms with E-state index < -0.39 is 17.4 Å². The highest BCUT2D eigenvalue weighted by Gasteiger charge is 2.29. The Kier molecular flexibility index (Phi) is 5.09. The summed E-state index contributed by atoms with van der Waals surface area (Å²) >= 11 is 0. The predicted octanol–water partition coefficient (Wildman–Crippen LogP) is 3.45. The second-order valence-corrected chi connectivity index (χ2v) is 7.01. The van der Waals surface area contributed by atoms with Crippen molar-refractivity contribution in [1.82, 2.24) is 5.32 Å². The Morgan fingerprint density at radius 1 is 1.21 bits per heavy atom. The van der Waals surface area contributed by atoms with Gasteiger partial charge in [0.1, 0.15) is 35.1 Å². The summed E-state index contributed by atoms with van der Waals surface area (Å²) in [6.07, 6.45) is 0. The van der Waals surface area contributed by atoms with E-state index in [-0.39, 0.29) is 12.4 Å². The fraction of sp³-hybridized carbons (Fsp3) is 0.238. The summed E-state index contributed by atoms with van der Waals surface area (Å²) in [5, 5.41) is 3.14. The number of aryl methyl sites for hydroxylation is 1. The van der Waals surface area contributed by atoms with E-state index in [0.29, 0.717) is 33.6 Å². The van der Waals surface area contributed by atoms with E-state index in [0.717, 1.165) is 0 Å². The molecule has 0 bridgehead atoms. The normalized spacial score (nSPS) is 11.4. The van der Waals surface area contributed by atoms with Crippen LogP contribution in [0.1, 0.15) is 35.5 Å². The summed E-state index contributed by atoms with van der Waals surface area (Å²) in [6, 6.07) is 11.4. The van der Waals surface area contributed by atoms with Crippen LogP contribution in [0.25, 0.3) is 11.0 Å². The molecule has 0 aliphatic carbocycles. The van der Waals surface area contributed by atoms with Crippen molar-refractivity contribution in [1.29, 1.82) is 0 Å². The van der Waals surface area contributed by atoms with Crippen LogP contribution in [0.15, 0.2) is 46.9 Å². The summed E-state index contributed by atoms with van der Waals surface area (Å²) in [7, 11) is 0. The number of amides is 2. The van der Waals surface area contributed by atoms with Crippen molar-refractivity contribution in [3.8, 4) is 5.75 Å².